The number of primary amides is 1. The van der Waals surface area contributed by atoms with Gasteiger partial charge in [-0.1, -0.05) is 0 Å². The summed E-state index contributed by atoms with van der Waals surface area (Å²) in [6.45, 7) is 0. The Morgan fingerprint density at radius 3 is 2.27 bits per heavy atom. The maximum Gasteiger partial charge on any atom is 0.234 e. The zero-order valence-electron chi connectivity index (χ0n) is 7.84. The van der Waals surface area contributed by atoms with E-state index in [0.717, 1.165) is 12.1 Å². The molecule has 7 N–H and O–H groups in total. The smallest absolute Gasteiger partial charge is 0.234 e. The van der Waals surface area contributed by atoms with E-state index in [0.29, 0.717) is 0 Å². The van der Waals surface area contributed by atoms with Gasteiger partial charge in [-0.2, -0.15) is 0 Å². The fraction of sp³-hybridized carbons (Fsp3) is 0.222. The minimum atomic E-state index is -0.945. The highest BCUT2D eigenvalue weighted by Gasteiger charge is 2.14. The summed E-state index contributed by atoms with van der Waals surface area (Å²) in [6, 6.07) is 1.16. The summed E-state index contributed by atoms with van der Waals surface area (Å²) in [5.74, 6) is -1.78. The third-order valence-electron chi connectivity index (χ3n) is 1.98. The minimum absolute atomic E-state index is 0.00495. The molecule has 0 aliphatic heterocycles. The van der Waals surface area contributed by atoms with Crippen molar-refractivity contribution in [3.8, 4) is 17.2 Å². The van der Waals surface area contributed by atoms with Gasteiger partial charge in [-0.25, -0.2) is 0 Å². The van der Waals surface area contributed by atoms with Crippen molar-refractivity contribution in [2.75, 3.05) is 0 Å². The SMILES string of the molecule is NC(=O)[C@@H](N)Cc1cc(O)c(O)cc1O. The van der Waals surface area contributed by atoms with Crippen LogP contribution in [0.25, 0.3) is 0 Å². The molecule has 0 spiro atoms. The molecule has 6 nitrogen and oxygen atoms in total. The van der Waals surface area contributed by atoms with Crippen molar-refractivity contribution in [3.05, 3.63) is 17.7 Å². The van der Waals surface area contributed by atoms with E-state index in [9.17, 15) is 9.90 Å². The predicted molar refractivity (Wildman–Crippen MR) is 52.3 cm³/mol. The van der Waals surface area contributed by atoms with Crippen molar-refractivity contribution < 1.29 is 20.1 Å². The molecular weight excluding hydrogens is 200 g/mol. The average molecular weight is 212 g/mol. The normalized spacial score (nSPS) is 12.3. The van der Waals surface area contributed by atoms with E-state index >= 15 is 0 Å². The Bertz CT molecular complexity index is 392. The van der Waals surface area contributed by atoms with Crippen LogP contribution in [0.15, 0.2) is 12.1 Å². The number of carbonyl (C=O) groups is 1. The van der Waals surface area contributed by atoms with Crippen molar-refractivity contribution in [2.45, 2.75) is 12.5 Å². The lowest BCUT2D eigenvalue weighted by molar-refractivity contribution is -0.119. The number of aromatic hydroxyl groups is 3. The van der Waals surface area contributed by atoms with Crippen LogP contribution in [-0.4, -0.2) is 27.3 Å². The van der Waals surface area contributed by atoms with Crippen LogP contribution in [-0.2, 0) is 11.2 Å². The molecule has 0 radical (unpaired) electrons. The topological polar surface area (TPSA) is 130 Å². The molecule has 0 fully saturated rings. The van der Waals surface area contributed by atoms with Gasteiger partial charge in [0.1, 0.15) is 5.75 Å². The van der Waals surface area contributed by atoms with E-state index in [4.69, 9.17) is 21.7 Å². The molecule has 6 heteroatoms. The van der Waals surface area contributed by atoms with Crippen molar-refractivity contribution in [3.63, 3.8) is 0 Å². The Hall–Kier alpha value is -1.95. The molecule has 82 valence electrons. The summed E-state index contributed by atoms with van der Waals surface area (Å²) < 4.78 is 0. The maximum atomic E-state index is 10.7. The van der Waals surface area contributed by atoms with Gasteiger partial charge < -0.3 is 26.8 Å². The van der Waals surface area contributed by atoms with Crippen LogP contribution < -0.4 is 11.5 Å². The van der Waals surface area contributed by atoms with E-state index in [2.05, 4.69) is 0 Å². The number of hydrogen-bond donors (Lipinski definition) is 5. The van der Waals surface area contributed by atoms with Crippen LogP contribution in [0, 0.1) is 0 Å². The second-order valence-corrected chi connectivity index (χ2v) is 3.18. The number of nitrogens with two attached hydrogens (primary N) is 2. The summed E-state index contributed by atoms with van der Waals surface area (Å²) in [5, 5.41) is 27.6. The van der Waals surface area contributed by atoms with Gasteiger partial charge in [-0.3, -0.25) is 4.79 Å². The Kier molecular flexibility index (Phi) is 3.01. The van der Waals surface area contributed by atoms with Gasteiger partial charge in [0, 0.05) is 12.5 Å². The first kappa shape index (κ1) is 11.1. The first-order valence-electron chi connectivity index (χ1n) is 4.20. The van der Waals surface area contributed by atoms with E-state index in [1.165, 1.54) is 0 Å². The fourth-order valence-corrected chi connectivity index (χ4v) is 1.11. The van der Waals surface area contributed by atoms with Gasteiger partial charge in [-0.15, -0.1) is 0 Å². The number of carbonyl (C=O) groups excluding carboxylic acids is 1. The number of amides is 1. The van der Waals surface area contributed by atoms with E-state index in [1.54, 1.807) is 0 Å². The summed E-state index contributed by atoms with van der Waals surface area (Å²) in [6.07, 6.45) is -0.00495. The molecule has 1 rings (SSSR count). The molecule has 0 heterocycles. The third-order valence-corrected chi connectivity index (χ3v) is 1.98. The Morgan fingerprint density at radius 1 is 1.20 bits per heavy atom. The second kappa shape index (κ2) is 4.05. The molecule has 1 atom stereocenters. The molecule has 0 bridgehead atoms. The Labute approximate surface area is 85.8 Å². The summed E-state index contributed by atoms with van der Waals surface area (Å²) in [4.78, 5) is 10.7. The van der Waals surface area contributed by atoms with Gasteiger partial charge in [-0.05, 0) is 11.6 Å². The molecule has 0 saturated carbocycles. The van der Waals surface area contributed by atoms with Crippen LogP contribution in [0.3, 0.4) is 0 Å². The molecule has 15 heavy (non-hydrogen) atoms. The first-order valence-corrected chi connectivity index (χ1v) is 4.20. The van der Waals surface area contributed by atoms with Crippen molar-refractivity contribution in [1.82, 2.24) is 0 Å². The molecule has 0 aliphatic rings. The monoisotopic (exact) mass is 212 g/mol. The lowest BCUT2D eigenvalue weighted by atomic mass is 10.0. The van der Waals surface area contributed by atoms with Crippen molar-refractivity contribution in [1.29, 1.82) is 0 Å². The number of phenols is 3. The largest absolute Gasteiger partial charge is 0.508 e. The Morgan fingerprint density at radius 2 is 1.73 bits per heavy atom. The highest BCUT2D eigenvalue weighted by Crippen LogP contribution is 2.32. The lowest BCUT2D eigenvalue weighted by Crippen LogP contribution is -2.38. The molecule has 1 aromatic rings. The first-order chi connectivity index (χ1) is 6.91. The number of rotatable bonds is 3. The van der Waals surface area contributed by atoms with E-state index in [1.807, 2.05) is 0 Å². The molecular formula is C9H12N2O4. The molecule has 0 aromatic heterocycles. The molecule has 1 amide bonds. The summed E-state index contributed by atoms with van der Waals surface area (Å²) in [7, 11) is 0. The van der Waals surface area contributed by atoms with Crippen LogP contribution >= 0.6 is 0 Å². The fourth-order valence-electron chi connectivity index (χ4n) is 1.11. The average Bonchev–Trinajstić information content (AvgIpc) is 2.13. The van der Waals surface area contributed by atoms with E-state index in [-0.39, 0.29) is 23.5 Å². The van der Waals surface area contributed by atoms with Gasteiger partial charge in [0.15, 0.2) is 11.5 Å². The highest BCUT2D eigenvalue weighted by molar-refractivity contribution is 5.80. The van der Waals surface area contributed by atoms with Gasteiger partial charge in [0.25, 0.3) is 0 Å². The predicted octanol–water partition coefficient (Wildman–Crippen LogP) is -0.841. The van der Waals surface area contributed by atoms with Gasteiger partial charge in [0.05, 0.1) is 6.04 Å². The molecule has 0 aliphatic carbocycles. The number of hydrogen-bond acceptors (Lipinski definition) is 5. The summed E-state index contributed by atoms with van der Waals surface area (Å²) in [5.41, 5.74) is 10.6. The summed E-state index contributed by atoms with van der Waals surface area (Å²) >= 11 is 0. The molecule has 0 unspecified atom stereocenters. The van der Waals surface area contributed by atoms with Crippen LogP contribution in [0.2, 0.25) is 0 Å². The van der Waals surface area contributed by atoms with Crippen LogP contribution in [0.5, 0.6) is 17.2 Å². The molecule has 0 saturated heterocycles. The number of phenolic OH excluding ortho intramolecular Hbond substituents is 3. The zero-order valence-corrected chi connectivity index (χ0v) is 7.84. The quantitative estimate of drug-likeness (QED) is 0.329. The Balaban J connectivity index is 2.95. The zero-order chi connectivity index (χ0) is 11.6. The number of benzene rings is 1. The molecule has 1 aromatic carbocycles. The van der Waals surface area contributed by atoms with Crippen LogP contribution in [0.1, 0.15) is 5.56 Å². The van der Waals surface area contributed by atoms with Crippen LogP contribution in [0.4, 0.5) is 0 Å². The van der Waals surface area contributed by atoms with Crippen molar-refractivity contribution in [2.24, 2.45) is 11.5 Å². The van der Waals surface area contributed by atoms with Crippen molar-refractivity contribution >= 4 is 5.91 Å². The van der Waals surface area contributed by atoms with E-state index < -0.39 is 17.7 Å². The highest BCUT2D eigenvalue weighted by atomic mass is 16.3. The second-order valence-electron chi connectivity index (χ2n) is 3.18. The minimum Gasteiger partial charge on any atom is -0.508 e. The maximum absolute atomic E-state index is 10.7. The third kappa shape index (κ3) is 2.50. The van der Waals surface area contributed by atoms with Gasteiger partial charge in [0.2, 0.25) is 5.91 Å². The standard InChI is InChI=1S/C9H12N2O4/c10-5(9(11)15)1-4-2-7(13)8(14)3-6(4)12/h2-3,5,12-14H,1,10H2,(H2,11,15)/t5-/m0/s1. The lowest BCUT2D eigenvalue weighted by Gasteiger charge is -2.10. The van der Waals surface area contributed by atoms with Gasteiger partial charge >= 0.3 is 0 Å².